The number of carbonyl (C=O) groups excluding carboxylic acids is 2. The van der Waals surface area contributed by atoms with Gasteiger partial charge in [0.1, 0.15) is 0 Å². The maximum Gasteiger partial charge on any atom is 0.321 e. The number of amides is 3. The van der Waals surface area contributed by atoms with Crippen molar-refractivity contribution in [2.45, 2.75) is 64.8 Å². The molecule has 0 bridgehead atoms. The highest BCUT2D eigenvalue weighted by Gasteiger charge is 2.10. The summed E-state index contributed by atoms with van der Waals surface area (Å²) in [4.78, 5) is 33.0. The molecule has 1 atom stereocenters. The lowest BCUT2D eigenvalue weighted by Crippen LogP contribution is -2.43. The van der Waals surface area contributed by atoms with Crippen LogP contribution in [0.15, 0.2) is 0 Å². The van der Waals surface area contributed by atoms with Crippen molar-refractivity contribution in [2.24, 2.45) is 0 Å². The number of carbonyl (C=O) groups is 3. The van der Waals surface area contributed by atoms with E-state index in [-0.39, 0.29) is 25.3 Å². The van der Waals surface area contributed by atoms with E-state index in [2.05, 4.69) is 17.6 Å². The number of aliphatic carboxylic acids is 1. The molecule has 19 heavy (non-hydrogen) atoms. The van der Waals surface area contributed by atoms with Crippen LogP contribution in [0, 0.1) is 0 Å². The number of carboxylic acid groups (broad SMARTS) is 1. The summed E-state index contributed by atoms with van der Waals surface area (Å²) >= 11 is 0. The van der Waals surface area contributed by atoms with Gasteiger partial charge >= 0.3 is 12.0 Å². The highest BCUT2D eigenvalue weighted by Crippen LogP contribution is 2.02. The van der Waals surface area contributed by atoms with Gasteiger partial charge in [-0.05, 0) is 19.8 Å². The minimum absolute atomic E-state index is 0.0263. The van der Waals surface area contributed by atoms with Crippen LogP contribution in [0.25, 0.3) is 0 Å². The van der Waals surface area contributed by atoms with E-state index in [1.165, 1.54) is 0 Å². The Morgan fingerprint density at radius 2 is 1.79 bits per heavy atom. The first-order chi connectivity index (χ1) is 8.95. The second-order valence-corrected chi connectivity index (χ2v) is 4.67. The zero-order valence-electron chi connectivity index (χ0n) is 11.7. The van der Waals surface area contributed by atoms with E-state index < -0.39 is 17.9 Å². The largest absolute Gasteiger partial charge is 0.481 e. The van der Waals surface area contributed by atoms with Gasteiger partial charge in [0.25, 0.3) is 0 Å². The standard InChI is InChI=1S/C13H24N2O4/c1-3-4-5-7-10(2)14-13(19)15-11(16)8-6-9-12(17)18/h10H,3-9H2,1-2H3,(H,17,18)(H2,14,15,16,19). The van der Waals surface area contributed by atoms with Crippen molar-refractivity contribution in [3.8, 4) is 0 Å². The molecule has 0 aromatic heterocycles. The Balaban J connectivity index is 3.71. The Hall–Kier alpha value is -1.59. The van der Waals surface area contributed by atoms with Gasteiger partial charge in [-0.15, -0.1) is 0 Å². The zero-order valence-corrected chi connectivity index (χ0v) is 11.7. The Kier molecular flexibility index (Phi) is 9.48. The van der Waals surface area contributed by atoms with Gasteiger partial charge in [-0.2, -0.15) is 0 Å². The predicted molar refractivity (Wildman–Crippen MR) is 71.8 cm³/mol. The molecule has 0 aliphatic heterocycles. The summed E-state index contributed by atoms with van der Waals surface area (Å²) in [6.45, 7) is 4.00. The molecular weight excluding hydrogens is 248 g/mol. The molecule has 1 unspecified atom stereocenters. The molecule has 0 heterocycles. The van der Waals surface area contributed by atoms with Gasteiger partial charge in [-0.1, -0.05) is 26.2 Å². The van der Waals surface area contributed by atoms with Crippen LogP contribution in [0.5, 0.6) is 0 Å². The maximum atomic E-state index is 11.4. The molecule has 0 aromatic carbocycles. The quantitative estimate of drug-likeness (QED) is 0.560. The fraction of sp³-hybridized carbons (Fsp3) is 0.769. The smallest absolute Gasteiger partial charge is 0.321 e. The molecule has 110 valence electrons. The molecule has 0 spiro atoms. The van der Waals surface area contributed by atoms with Crippen molar-refractivity contribution in [2.75, 3.05) is 0 Å². The molecule has 0 saturated carbocycles. The van der Waals surface area contributed by atoms with Gasteiger partial charge in [0.05, 0.1) is 0 Å². The zero-order chi connectivity index (χ0) is 14.7. The highest BCUT2D eigenvalue weighted by atomic mass is 16.4. The van der Waals surface area contributed by atoms with Crippen LogP contribution in [0.2, 0.25) is 0 Å². The number of unbranched alkanes of at least 4 members (excludes halogenated alkanes) is 2. The SMILES string of the molecule is CCCCCC(C)NC(=O)NC(=O)CCCC(=O)O. The first-order valence-electron chi connectivity index (χ1n) is 6.77. The second kappa shape index (κ2) is 10.3. The van der Waals surface area contributed by atoms with E-state index in [9.17, 15) is 14.4 Å². The van der Waals surface area contributed by atoms with Gasteiger partial charge in [-0.25, -0.2) is 4.79 Å². The van der Waals surface area contributed by atoms with Gasteiger partial charge in [-0.3, -0.25) is 14.9 Å². The number of imide groups is 1. The molecule has 0 aliphatic carbocycles. The van der Waals surface area contributed by atoms with Crippen molar-refractivity contribution in [1.29, 1.82) is 0 Å². The van der Waals surface area contributed by atoms with Crippen molar-refractivity contribution in [1.82, 2.24) is 10.6 Å². The molecule has 3 amide bonds. The highest BCUT2D eigenvalue weighted by molar-refractivity contribution is 5.94. The first kappa shape index (κ1) is 17.4. The van der Waals surface area contributed by atoms with Crippen LogP contribution in [-0.4, -0.2) is 29.1 Å². The van der Waals surface area contributed by atoms with Gasteiger partial charge in [0.15, 0.2) is 0 Å². The maximum absolute atomic E-state index is 11.4. The van der Waals surface area contributed by atoms with E-state index in [4.69, 9.17) is 5.11 Å². The van der Waals surface area contributed by atoms with Gasteiger partial charge in [0, 0.05) is 18.9 Å². The van der Waals surface area contributed by atoms with Crippen molar-refractivity contribution in [3.63, 3.8) is 0 Å². The third kappa shape index (κ3) is 11.2. The number of urea groups is 1. The summed E-state index contributed by atoms with van der Waals surface area (Å²) in [5.41, 5.74) is 0. The average Bonchev–Trinajstić information content (AvgIpc) is 2.28. The van der Waals surface area contributed by atoms with Crippen LogP contribution in [0.3, 0.4) is 0 Å². The Labute approximate surface area is 113 Å². The van der Waals surface area contributed by atoms with E-state index in [0.717, 1.165) is 25.7 Å². The number of carboxylic acids is 1. The van der Waals surface area contributed by atoms with Crippen LogP contribution in [0.1, 0.15) is 58.8 Å². The second-order valence-electron chi connectivity index (χ2n) is 4.67. The van der Waals surface area contributed by atoms with Crippen molar-refractivity contribution < 1.29 is 19.5 Å². The van der Waals surface area contributed by atoms with Crippen LogP contribution in [-0.2, 0) is 9.59 Å². The van der Waals surface area contributed by atoms with Crippen LogP contribution < -0.4 is 10.6 Å². The van der Waals surface area contributed by atoms with Gasteiger partial charge in [0.2, 0.25) is 5.91 Å². The fourth-order valence-electron chi connectivity index (χ4n) is 1.62. The minimum atomic E-state index is -0.943. The summed E-state index contributed by atoms with van der Waals surface area (Å²) in [7, 11) is 0. The van der Waals surface area contributed by atoms with E-state index in [1.54, 1.807) is 0 Å². The average molecular weight is 272 g/mol. The van der Waals surface area contributed by atoms with Crippen LogP contribution >= 0.6 is 0 Å². The topological polar surface area (TPSA) is 95.5 Å². The van der Waals surface area contributed by atoms with E-state index >= 15 is 0 Å². The lowest BCUT2D eigenvalue weighted by atomic mass is 10.1. The number of hydrogen-bond donors (Lipinski definition) is 3. The lowest BCUT2D eigenvalue weighted by molar-refractivity contribution is -0.137. The molecule has 0 aliphatic rings. The summed E-state index contributed by atoms with van der Waals surface area (Å²) in [5.74, 6) is -1.39. The third-order valence-electron chi connectivity index (χ3n) is 2.67. The fourth-order valence-corrected chi connectivity index (χ4v) is 1.62. The molecule has 0 radical (unpaired) electrons. The molecule has 0 fully saturated rings. The lowest BCUT2D eigenvalue weighted by Gasteiger charge is -2.13. The minimum Gasteiger partial charge on any atom is -0.481 e. The monoisotopic (exact) mass is 272 g/mol. The van der Waals surface area contributed by atoms with E-state index in [0.29, 0.717) is 0 Å². The van der Waals surface area contributed by atoms with Crippen molar-refractivity contribution >= 4 is 17.9 Å². The first-order valence-corrected chi connectivity index (χ1v) is 6.77. The van der Waals surface area contributed by atoms with Crippen LogP contribution in [0.4, 0.5) is 4.79 Å². The number of nitrogens with one attached hydrogen (secondary N) is 2. The molecule has 0 aromatic rings. The Morgan fingerprint density at radius 3 is 2.37 bits per heavy atom. The summed E-state index contributed by atoms with van der Waals surface area (Å²) in [5, 5.41) is 13.3. The summed E-state index contributed by atoms with van der Waals surface area (Å²) in [6, 6.07) is -0.484. The molecule has 6 heteroatoms. The molecule has 6 nitrogen and oxygen atoms in total. The Bertz CT molecular complexity index is 305. The Morgan fingerprint density at radius 1 is 1.11 bits per heavy atom. The predicted octanol–water partition coefficient (Wildman–Crippen LogP) is 2.04. The molecule has 3 N–H and O–H groups in total. The van der Waals surface area contributed by atoms with E-state index in [1.807, 2.05) is 6.92 Å². The molecule has 0 saturated heterocycles. The third-order valence-corrected chi connectivity index (χ3v) is 2.67. The van der Waals surface area contributed by atoms with Crippen molar-refractivity contribution in [3.05, 3.63) is 0 Å². The molecular formula is C13H24N2O4. The summed E-state index contributed by atoms with van der Waals surface area (Å²) in [6.07, 6.45) is 4.40. The molecule has 0 rings (SSSR count). The normalized spacial score (nSPS) is 11.7. The number of rotatable bonds is 9. The number of hydrogen-bond acceptors (Lipinski definition) is 3. The summed E-state index contributed by atoms with van der Waals surface area (Å²) < 4.78 is 0. The van der Waals surface area contributed by atoms with Gasteiger partial charge < -0.3 is 10.4 Å².